The molecule has 6 heteroatoms. The largest absolute Gasteiger partial charge is 0.391 e. The van der Waals surface area contributed by atoms with Crippen LogP contribution in [-0.2, 0) is 4.74 Å². The molecule has 0 saturated heterocycles. The minimum absolute atomic E-state index is 0.209. The molecule has 16 heavy (non-hydrogen) atoms. The van der Waals surface area contributed by atoms with Crippen LogP contribution in [-0.4, -0.2) is 42.5 Å². The molecule has 0 aliphatic carbocycles. The fourth-order valence-corrected chi connectivity index (χ4v) is 1.22. The average molecular weight is 228 g/mol. The van der Waals surface area contributed by atoms with Crippen molar-refractivity contribution >= 4 is 5.91 Å². The number of hydrogen-bond donors (Lipinski definition) is 2. The molecule has 1 amide bonds. The average Bonchev–Trinajstić information content (AvgIpc) is 2.64. The molecule has 1 rings (SSSR count). The predicted octanol–water partition coefficient (Wildman–Crippen LogP) is 0.110. The number of methoxy groups -OCH3 is 1. The molecular formula is C10H16N2O4. The highest BCUT2D eigenvalue weighted by Crippen LogP contribution is 2.05. The molecule has 1 unspecified atom stereocenters. The number of carbonyl (C=O) groups excluding carboxylic acids is 1. The lowest BCUT2D eigenvalue weighted by Gasteiger charge is -2.09. The molecule has 0 aromatic carbocycles. The molecule has 0 spiro atoms. The number of ether oxygens (including phenoxy) is 1. The molecular weight excluding hydrogens is 212 g/mol. The Kier molecular flexibility index (Phi) is 4.94. The Labute approximate surface area is 93.6 Å². The van der Waals surface area contributed by atoms with Gasteiger partial charge in [-0.15, -0.1) is 0 Å². The quantitative estimate of drug-likeness (QED) is 0.722. The highest BCUT2D eigenvalue weighted by Gasteiger charge is 2.13. The third kappa shape index (κ3) is 3.63. The van der Waals surface area contributed by atoms with Crippen molar-refractivity contribution in [2.45, 2.75) is 19.4 Å². The van der Waals surface area contributed by atoms with E-state index in [0.29, 0.717) is 18.5 Å². The van der Waals surface area contributed by atoms with E-state index in [1.165, 1.54) is 13.3 Å². The number of aryl methyl sites for hydroxylation is 1. The van der Waals surface area contributed by atoms with Gasteiger partial charge in [0.1, 0.15) is 0 Å². The summed E-state index contributed by atoms with van der Waals surface area (Å²) in [5.74, 6) is -0.110. The van der Waals surface area contributed by atoms with Crippen molar-refractivity contribution < 1.29 is 19.2 Å². The molecule has 0 aliphatic heterocycles. The van der Waals surface area contributed by atoms with Crippen molar-refractivity contribution in [2.75, 3.05) is 20.3 Å². The van der Waals surface area contributed by atoms with Crippen molar-refractivity contribution in [3.63, 3.8) is 0 Å². The van der Waals surface area contributed by atoms with Gasteiger partial charge in [-0.05, 0) is 13.3 Å². The van der Waals surface area contributed by atoms with Crippen LogP contribution < -0.4 is 5.32 Å². The maximum absolute atomic E-state index is 11.5. The number of carbonyl (C=O) groups is 1. The molecule has 0 saturated carbocycles. The van der Waals surface area contributed by atoms with Crippen LogP contribution in [0, 0.1) is 6.92 Å². The van der Waals surface area contributed by atoms with Crippen LogP contribution in [0.5, 0.6) is 0 Å². The van der Waals surface area contributed by atoms with Gasteiger partial charge in [0.2, 0.25) is 5.76 Å². The molecule has 1 heterocycles. The van der Waals surface area contributed by atoms with Crippen LogP contribution in [0.1, 0.15) is 22.5 Å². The predicted molar refractivity (Wildman–Crippen MR) is 56.1 cm³/mol. The van der Waals surface area contributed by atoms with E-state index in [2.05, 4.69) is 10.5 Å². The highest BCUT2D eigenvalue weighted by atomic mass is 16.5. The zero-order valence-electron chi connectivity index (χ0n) is 9.40. The molecule has 0 fully saturated rings. The minimum Gasteiger partial charge on any atom is -0.391 e. The number of aliphatic hydroxyl groups is 1. The summed E-state index contributed by atoms with van der Waals surface area (Å²) >= 11 is 0. The van der Waals surface area contributed by atoms with Gasteiger partial charge in [-0.1, -0.05) is 5.16 Å². The van der Waals surface area contributed by atoms with Crippen molar-refractivity contribution in [1.29, 1.82) is 0 Å². The topological polar surface area (TPSA) is 84.6 Å². The van der Waals surface area contributed by atoms with Gasteiger partial charge in [0, 0.05) is 19.2 Å². The summed E-state index contributed by atoms with van der Waals surface area (Å²) in [6, 6.07) is 0. The van der Waals surface area contributed by atoms with E-state index in [1.807, 2.05) is 0 Å². The van der Waals surface area contributed by atoms with Gasteiger partial charge in [-0.25, -0.2) is 0 Å². The van der Waals surface area contributed by atoms with E-state index in [0.717, 1.165) is 0 Å². The summed E-state index contributed by atoms with van der Waals surface area (Å²) in [4.78, 5) is 11.5. The van der Waals surface area contributed by atoms with E-state index in [1.54, 1.807) is 6.92 Å². The van der Waals surface area contributed by atoms with E-state index < -0.39 is 6.10 Å². The first-order chi connectivity index (χ1) is 7.65. The van der Waals surface area contributed by atoms with E-state index in [-0.39, 0.29) is 18.3 Å². The van der Waals surface area contributed by atoms with Gasteiger partial charge >= 0.3 is 0 Å². The molecule has 0 aliphatic rings. The van der Waals surface area contributed by atoms with Crippen molar-refractivity contribution in [3.8, 4) is 0 Å². The summed E-state index contributed by atoms with van der Waals surface area (Å²) in [5, 5.41) is 15.5. The molecule has 1 atom stereocenters. The van der Waals surface area contributed by atoms with Crippen LogP contribution in [0.4, 0.5) is 0 Å². The lowest BCUT2D eigenvalue weighted by molar-refractivity contribution is 0.0585. The van der Waals surface area contributed by atoms with Crippen molar-refractivity contribution in [1.82, 2.24) is 10.5 Å². The highest BCUT2D eigenvalue weighted by molar-refractivity contribution is 5.92. The third-order valence-electron chi connectivity index (χ3n) is 2.08. The second-order valence-corrected chi connectivity index (χ2v) is 3.49. The monoisotopic (exact) mass is 228 g/mol. The maximum Gasteiger partial charge on any atom is 0.290 e. The van der Waals surface area contributed by atoms with Crippen LogP contribution in [0.2, 0.25) is 0 Å². The number of aliphatic hydroxyl groups excluding tert-OH is 1. The number of hydrogen-bond acceptors (Lipinski definition) is 5. The molecule has 6 nitrogen and oxygen atoms in total. The Hall–Kier alpha value is -1.40. The van der Waals surface area contributed by atoms with Crippen LogP contribution in [0.25, 0.3) is 0 Å². The zero-order valence-corrected chi connectivity index (χ0v) is 9.40. The molecule has 0 bridgehead atoms. The molecule has 2 N–H and O–H groups in total. The minimum atomic E-state index is -0.568. The lowest BCUT2D eigenvalue weighted by atomic mass is 10.2. The second-order valence-electron chi connectivity index (χ2n) is 3.49. The summed E-state index contributed by atoms with van der Waals surface area (Å²) in [6.07, 6.45) is 1.35. The first-order valence-electron chi connectivity index (χ1n) is 5.01. The van der Waals surface area contributed by atoms with Crippen molar-refractivity contribution in [2.24, 2.45) is 0 Å². The Morgan fingerprint density at radius 3 is 3.06 bits per heavy atom. The molecule has 1 aromatic heterocycles. The molecule has 0 radical (unpaired) electrons. The summed E-state index contributed by atoms with van der Waals surface area (Å²) < 4.78 is 9.54. The van der Waals surface area contributed by atoms with E-state index in [9.17, 15) is 9.90 Å². The van der Waals surface area contributed by atoms with E-state index in [4.69, 9.17) is 9.26 Å². The van der Waals surface area contributed by atoms with Gasteiger partial charge < -0.3 is 19.7 Å². The number of nitrogens with one attached hydrogen (secondary N) is 1. The number of rotatable bonds is 6. The van der Waals surface area contributed by atoms with E-state index >= 15 is 0 Å². The summed E-state index contributed by atoms with van der Waals surface area (Å²) in [7, 11) is 1.51. The van der Waals surface area contributed by atoms with Crippen molar-refractivity contribution in [3.05, 3.63) is 17.5 Å². The van der Waals surface area contributed by atoms with Gasteiger partial charge in [-0.3, -0.25) is 4.79 Å². The molecule has 90 valence electrons. The molecule has 1 aromatic rings. The first-order valence-corrected chi connectivity index (χ1v) is 5.01. The Bertz CT molecular complexity index is 337. The number of amides is 1. The maximum atomic E-state index is 11.5. The SMILES string of the molecule is COCC(O)CCNC(=O)c1oncc1C. The second kappa shape index (κ2) is 6.24. The van der Waals surface area contributed by atoms with Crippen LogP contribution >= 0.6 is 0 Å². The van der Waals surface area contributed by atoms with Gasteiger partial charge in [0.05, 0.1) is 18.9 Å². The van der Waals surface area contributed by atoms with Gasteiger partial charge in [0.15, 0.2) is 0 Å². The van der Waals surface area contributed by atoms with Crippen LogP contribution in [0.15, 0.2) is 10.7 Å². The third-order valence-corrected chi connectivity index (χ3v) is 2.08. The lowest BCUT2D eigenvalue weighted by Crippen LogP contribution is -2.28. The Morgan fingerprint density at radius 1 is 1.75 bits per heavy atom. The Morgan fingerprint density at radius 2 is 2.50 bits per heavy atom. The standard InChI is InChI=1S/C10H16N2O4/c1-7-5-12-16-9(7)10(14)11-4-3-8(13)6-15-2/h5,8,13H,3-4,6H2,1-2H3,(H,11,14). The van der Waals surface area contributed by atoms with Gasteiger partial charge in [0.25, 0.3) is 5.91 Å². The smallest absolute Gasteiger partial charge is 0.290 e. The number of nitrogens with zero attached hydrogens (tertiary/aromatic N) is 1. The van der Waals surface area contributed by atoms with Gasteiger partial charge in [-0.2, -0.15) is 0 Å². The fraction of sp³-hybridized carbons (Fsp3) is 0.600. The fourth-order valence-electron chi connectivity index (χ4n) is 1.22. The summed E-state index contributed by atoms with van der Waals surface area (Å²) in [6.45, 7) is 2.37. The first kappa shape index (κ1) is 12.7. The zero-order chi connectivity index (χ0) is 12.0. The Balaban J connectivity index is 2.29. The summed E-state index contributed by atoms with van der Waals surface area (Å²) in [5.41, 5.74) is 0.690. The normalized spacial score (nSPS) is 12.4. The van der Waals surface area contributed by atoms with Crippen LogP contribution in [0.3, 0.4) is 0 Å². The number of aromatic nitrogens is 1.